The van der Waals surface area contributed by atoms with Crippen LogP contribution >= 0.6 is 0 Å². The average Bonchev–Trinajstić information content (AvgIpc) is 3.72. The van der Waals surface area contributed by atoms with Crippen LogP contribution in [-0.2, 0) is 32.2 Å². The van der Waals surface area contributed by atoms with Gasteiger partial charge in [-0.2, -0.15) is 0 Å². The summed E-state index contributed by atoms with van der Waals surface area (Å²) in [6.45, 7) is 16.2. The topological polar surface area (TPSA) is 110 Å². The standard InChI is InChI=1S/C45H65N3O6SSi/c1-45(2,3)56(5,6)54-42(39-23-25-41(44-40(39)24-26-43(49)47-44)53-34-35-17-10-9-11-18-35)32-46-27-14-7-8-15-29-52-30-28-48(4)33-36-19-16-22-38(31-36)55(50,51)37-20-12-13-21-37/h9-11,16-19,22-26,31,37,42,46H,7-8,12-15,20-21,27-30,32-34H2,1-6H3,(H,47,49)/t42-/m0/s1. The number of sulfone groups is 1. The molecule has 0 spiro atoms. The molecule has 3 aromatic carbocycles. The Bertz CT molecular complexity index is 1990. The Morgan fingerprint density at radius 2 is 1.62 bits per heavy atom. The first-order valence-corrected chi connectivity index (χ1v) is 25.0. The van der Waals surface area contributed by atoms with E-state index in [-0.39, 0.29) is 22.0 Å². The van der Waals surface area contributed by atoms with Crippen LogP contribution in [0.2, 0.25) is 18.1 Å². The lowest BCUT2D eigenvalue weighted by Crippen LogP contribution is -2.43. The second kappa shape index (κ2) is 20.4. The van der Waals surface area contributed by atoms with Crippen molar-refractivity contribution in [3.63, 3.8) is 0 Å². The molecule has 1 aliphatic carbocycles. The van der Waals surface area contributed by atoms with Crippen molar-refractivity contribution in [2.75, 3.05) is 39.9 Å². The van der Waals surface area contributed by atoms with E-state index in [4.69, 9.17) is 13.9 Å². The molecule has 0 unspecified atom stereocenters. The molecule has 306 valence electrons. The lowest BCUT2D eigenvalue weighted by atomic mass is 10.0. The zero-order chi connectivity index (χ0) is 40.2. The minimum Gasteiger partial charge on any atom is -0.487 e. The molecule has 5 rings (SSSR count). The van der Waals surface area contributed by atoms with Gasteiger partial charge >= 0.3 is 0 Å². The van der Waals surface area contributed by atoms with Crippen molar-refractivity contribution in [2.24, 2.45) is 0 Å². The fourth-order valence-electron chi connectivity index (χ4n) is 7.10. The van der Waals surface area contributed by atoms with Crippen molar-refractivity contribution < 1.29 is 22.3 Å². The summed E-state index contributed by atoms with van der Waals surface area (Å²) in [5.41, 5.74) is 3.66. The number of aromatic nitrogens is 1. The molecule has 0 amide bonds. The first-order valence-electron chi connectivity index (χ1n) is 20.5. The SMILES string of the molecule is CN(CCOCCCCCCNC[C@H](O[Si](C)(C)C(C)(C)C)c1ccc(OCc2ccccc2)c2[nH]c(=O)ccc12)Cc1cccc(S(=O)(=O)C2CCCC2)c1. The number of aromatic amines is 1. The molecular weight excluding hydrogens is 739 g/mol. The normalized spacial score (nSPS) is 14.8. The van der Waals surface area contributed by atoms with Gasteiger partial charge in [-0.05, 0) is 98.4 Å². The first kappa shape index (κ1) is 43.8. The van der Waals surface area contributed by atoms with Gasteiger partial charge in [0.05, 0.1) is 28.4 Å². The maximum absolute atomic E-state index is 13.1. The molecule has 11 heteroatoms. The van der Waals surface area contributed by atoms with E-state index >= 15 is 0 Å². The van der Waals surface area contributed by atoms with E-state index in [1.54, 1.807) is 12.1 Å². The predicted molar refractivity (Wildman–Crippen MR) is 231 cm³/mol. The average molecular weight is 804 g/mol. The zero-order valence-corrected chi connectivity index (χ0v) is 36.4. The van der Waals surface area contributed by atoms with Crippen molar-refractivity contribution >= 4 is 29.1 Å². The van der Waals surface area contributed by atoms with Crippen LogP contribution in [0.4, 0.5) is 0 Å². The van der Waals surface area contributed by atoms with Gasteiger partial charge in [-0.1, -0.05) is 95.0 Å². The van der Waals surface area contributed by atoms with Gasteiger partial charge in [0.2, 0.25) is 5.56 Å². The zero-order valence-electron chi connectivity index (χ0n) is 34.6. The van der Waals surface area contributed by atoms with Crippen LogP contribution in [0.15, 0.2) is 88.6 Å². The monoisotopic (exact) mass is 803 g/mol. The van der Waals surface area contributed by atoms with E-state index in [0.29, 0.717) is 42.5 Å². The Labute approximate surface area is 336 Å². The Morgan fingerprint density at radius 3 is 2.38 bits per heavy atom. The van der Waals surface area contributed by atoms with Gasteiger partial charge in [-0.3, -0.25) is 9.69 Å². The number of ether oxygens (including phenoxy) is 2. The smallest absolute Gasteiger partial charge is 0.248 e. The van der Waals surface area contributed by atoms with Crippen molar-refractivity contribution in [3.05, 3.63) is 106 Å². The number of nitrogens with one attached hydrogen (secondary N) is 2. The lowest BCUT2D eigenvalue weighted by molar-refractivity contribution is 0.106. The summed E-state index contributed by atoms with van der Waals surface area (Å²) in [5.74, 6) is 0.648. The van der Waals surface area contributed by atoms with Crippen LogP contribution < -0.4 is 15.6 Å². The summed E-state index contributed by atoms with van der Waals surface area (Å²) < 4.78 is 45.4. The van der Waals surface area contributed by atoms with Crippen LogP contribution in [0.5, 0.6) is 5.75 Å². The summed E-state index contributed by atoms with van der Waals surface area (Å²) in [6, 6.07) is 25.0. The third kappa shape index (κ3) is 12.3. The number of rotatable bonds is 22. The van der Waals surface area contributed by atoms with Crippen molar-refractivity contribution in [3.8, 4) is 5.75 Å². The maximum atomic E-state index is 13.1. The third-order valence-corrected chi connectivity index (χ3v) is 18.2. The molecule has 1 fully saturated rings. The Balaban J connectivity index is 1.05. The second-order valence-corrected chi connectivity index (χ2v) is 24.0. The van der Waals surface area contributed by atoms with E-state index in [9.17, 15) is 13.2 Å². The minimum absolute atomic E-state index is 0.0388. The van der Waals surface area contributed by atoms with E-state index in [1.165, 1.54) is 0 Å². The second-order valence-electron chi connectivity index (χ2n) is 17.0. The van der Waals surface area contributed by atoms with Crippen LogP contribution in [0, 0.1) is 0 Å². The van der Waals surface area contributed by atoms with Gasteiger partial charge in [0.25, 0.3) is 0 Å². The molecule has 1 saturated carbocycles. The third-order valence-electron chi connectivity index (χ3n) is 11.5. The number of benzene rings is 3. The largest absolute Gasteiger partial charge is 0.487 e. The number of hydrogen-bond donors (Lipinski definition) is 2. The minimum atomic E-state index is -3.25. The molecule has 0 saturated heterocycles. The molecule has 56 heavy (non-hydrogen) atoms. The summed E-state index contributed by atoms with van der Waals surface area (Å²) in [7, 11) is -3.34. The molecule has 1 atom stereocenters. The molecule has 1 heterocycles. The summed E-state index contributed by atoms with van der Waals surface area (Å²) in [5, 5.41) is 4.44. The predicted octanol–water partition coefficient (Wildman–Crippen LogP) is 9.18. The van der Waals surface area contributed by atoms with E-state index in [1.807, 2.05) is 60.7 Å². The Hall–Kier alpha value is -3.32. The highest BCUT2D eigenvalue weighted by molar-refractivity contribution is 7.92. The fourth-order valence-corrected chi connectivity index (χ4v) is 10.3. The molecule has 0 bridgehead atoms. The number of nitrogens with zero attached hydrogens (tertiary/aromatic N) is 1. The highest BCUT2D eigenvalue weighted by Gasteiger charge is 2.40. The Morgan fingerprint density at radius 1 is 0.893 bits per heavy atom. The fraction of sp³-hybridized carbons (Fsp3) is 0.533. The Kier molecular flexibility index (Phi) is 15.9. The van der Waals surface area contributed by atoms with Crippen LogP contribution in [0.25, 0.3) is 10.9 Å². The van der Waals surface area contributed by atoms with E-state index in [0.717, 1.165) is 93.1 Å². The van der Waals surface area contributed by atoms with Crippen LogP contribution in [0.3, 0.4) is 0 Å². The van der Waals surface area contributed by atoms with Gasteiger partial charge < -0.3 is 24.2 Å². The molecule has 0 aliphatic heterocycles. The molecule has 2 N–H and O–H groups in total. The summed E-state index contributed by atoms with van der Waals surface area (Å²) in [6.07, 6.45) is 7.68. The number of fused-ring (bicyclic) bond motifs is 1. The van der Waals surface area contributed by atoms with Crippen molar-refractivity contribution in [1.82, 2.24) is 15.2 Å². The quantitative estimate of drug-likeness (QED) is 0.0598. The maximum Gasteiger partial charge on any atom is 0.248 e. The highest BCUT2D eigenvalue weighted by Crippen LogP contribution is 2.41. The van der Waals surface area contributed by atoms with Gasteiger partial charge in [0.1, 0.15) is 12.4 Å². The van der Waals surface area contributed by atoms with Gasteiger partial charge in [0, 0.05) is 37.7 Å². The number of pyridine rings is 1. The summed E-state index contributed by atoms with van der Waals surface area (Å²) in [4.78, 5) is 18.2. The molecule has 4 aromatic rings. The van der Waals surface area contributed by atoms with Crippen molar-refractivity contribution in [1.29, 1.82) is 0 Å². The number of likely N-dealkylation sites (N-methyl/N-ethyl adjacent to an activating group) is 1. The van der Waals surface area contributed by atoms with E-state index in [2.05, 4.69) is 62.2 Å². The number of unbranched alkanes of at least 4 members (excludes halogenated alkanes) is 3. The first-order chi connectivity index (χ1) is 26.7. The molecule has 9 nitrogen and oxygen atoms in total. The number of hydrogen-bond acceptors (Lipinski definition) is 8. The van der Waals surface area contributed by atoms with Gasteiger partial charge in [0.15, 0.2) is 18.2 Å². The lowest BCUT2D eigenvalue weighted by Gasteiger charge is -2.39. The van der Waals surface area contributed by atoms with Crippen LogP contribution in [0.1, 0.15) is 94.9 Å². The van der Waals surface area contributed by atoms with Gasteiger partial charge in [-0.25, -0.2) is 8.42 Å². The number of H-pyrrole nitrogens is 1. The molecule has 1 aromatic heterocycles. The molecular formula is C45H65N3O6SSi. The van der Waals surface area contributed by atoms with E-state index < -0.39 is 18.2 Å². The highest BCUT2D eigenvalue weighted by atomic mass is 32.2. The van der Waals surface area contributed by atoms with Crippen LogP contribution in [-0.4, -0.2) is 71.8 Å². The molecule has 1 aliphatic rings. The van der Waals surface area contributed by atoms with Gasteiger partial charge in [-0.15, -0.1) is 0 Å². The van der Waals surface area contributed by atoms with Crippen molar-refractivity contribution in [2.45, 2.75) is 120 Å². The summed E-state index contributed by atoms with van der Waals surface area (Å²) >= 11 is 0. The molecule has 0 radical (unpaired) electrons.